The predicted octanol–water partition coefficient (Wildman–Crippen LogP) is 2.29. The molecule has 1 heterocycles. The van der Waals surface area contributed by atoms with E-state index in [1.807, 2.05) is 18.2 Å². The lowest BCUT2D eigenvalue weighted by molar-refractivity contribution is 0.203. The smallest absolute Gasteiger partial charge is 0.129 e. The van der Waals surface area contributed by atoms with Gasteiger partial charge in [-0.3, -0.25) is 4.90 Å². The van der Waals surface area contributed by atoms with E-state index in [0.717, 1.165) is 36.2 Å². The molecular weight excluding hydrogens is 280 g/mol. The average molecular weight is 297 g/mol. The first kappa shape index (κ1) is 12.6. The Balaban J connectivity index is 2.21. The third-order valence-corrected chi connectivity index (χ3v) is 3.72. The first-order chi connectivity index (χ1) is 8.22. The van der Waals surface area contributed by atoms with Crippen LogP contribution in [0.15, 0.2) is 35.3 Å². The van der Waals surface area contributed by atoms with Gasteiger partial charge in [-0.1, -0.05) is 12.1 Å². The Labute approximate surface area is 110 Å². The van der Waals surface area contributed by atoms with Crippen LogP contribution in [0.2, 0.25) is 0 Å². The van der Waals surface area contributed by atoms with Gasteiger partial charge in [0.2, 0.25) is 0 Å². The second-order valence-corrected chi connectivity index (χ2v) is 5.03. The van der Waals surface area contributed by atoms with Crippen LogP contribution in [-0.4, -0.2) is 36.2 Å². The van der Waals surface area contributed by atoms with Crippen LogP contribution in [0.25, 0.3) is 0 Å². The van der Waals surface area contributed by atoms with Crippen molar-refractivity contribution in [2.75, 3.05) is 26.2 Å². The number of aromatic hydroxyl groups is 1. The zero-order valence-corrected chi connectivity index (χ0v) is 11.3. The predicted molar refractivity (Wildman–Crippen MR) is 73.2 cm³/mol. The fourth-order valence-corrected chi connectivity index (χ4v) is 2.56. The molecular formula is C13H17BrN2O. The fourth-order valence-electron chi connectivity index (χ4n) is 2.16. The van der Waals surface area contributed by atoms with Gasteiger partial charge in [0, 0.05) is 26.2 Å². The highest BCUT2D eigenvalue weighted by atomic mass is 79.9. The molecule has 4 heteroatoms. The molecule has 0 amide bonds. The van der Waals surface area contributed by atoms with E-state index < -0.39 is 0 Å². The zero-order valence-electron chi connectivity index (χ0n) is 9.69. The van der Waals surface area contributed by atoms with E-state index in [9.17, 15) is 5.11 Å². The summed E-state index contributed by atoms with van der Waals surface area (Å²) in [6.07, 6.45) is 1.96. The molecule has 1 atom stereocenters. The van der Waals surface area contributed by atoms with E-state index in [1.165, 1.54) is 0 Å². The van der Waals surface area contributed by atoms with Gasteiger partial charge in [-0.15, -0.1) is 6.58 Å². The molecule has 2 rings (SSSR count). The molecule has 0 radical (unpaired) electrons. The second-order valence-electron chi connectivity index (χ2n) is 4.18. The number of hydrogen-bond acceptors (Lipinski definition) is 3. The molecule has 1 aliphatic rings. The molecule has 92 valence electrons. The number of phenolic OH excluding ortho intramolecular Hbond substituents is 1. The molecule has 3 nitrogen and oxygen atoms in total. The highest BCUT2D eigenvalue weighted by molar-refractivity contribution is 9.10. The van der Waals surface area contributed by atoms with Crippen molar-refractivity contribution in [2.45, 2.75) is 6.04 Å². The van der Waals surface area contributed by atoms with Gasteiger partial charge in [-0.05, 0) is 33.6 Å². The van der Waals surface area contributed by atoms with Crippen molar-refractivity contribution in [3.05, 3.63) is 40.9 Å². The standard InChI is InChI=1S/C13H17BrN2O/c1-2-12(16-7-5-15-6-8-16)10-3-4-13(17)11(14)9-10/h2-4,9,12,15,17H,1,5-8H2/t12-/m0/s1. The second kappa shape index (κ2) is 5.67. The van der Waals surface area contributed by atoms with E-state index in [-0.39, 0.29) is 11.8 Å². The molecule has 2 N–H and O–H groups in total. The Hall–Kier alpha value is -0.840. The molecule has 0 unspecified atom stereocenters. The summed E-state index contributed by atoms with van der Waals surface area (Å²) in [6.45, 7) is 8.01. The molecule has 1 saturated heterocycles. The Morgan fingerprint density at radius 1 is 1.41 bits per heavy atom. The van der Waals surface area contributed by atoms with Gasteiger partial charge in [0.05, 0.1) is 10.5 Å². The van der Waals surface area contributed by atoms with E-state index in [2.05, 4.69) is 32.7 Å². The Kier molecular flexibility index (Phi) is 4.20. The topological polar surface area (TPSA) is 35.5 Å². The summed E-state index contributed by atoms with van der Waals surface area (Å²) in [5.41, 5.74) is 1.16. The number of piperazine rings is 1. The first-order valence-corrected chi connectivity index (χ1v) is 6.57. The maximum absolute atomic E-state index is 9.51. The fraction of sp³-hybridized carbons (Fsp3) is 0.385. The average Bonchev–Trinajstić information content (AvgIpc) is 2.36. The van der Waals surface area contributed by atoms with Crippen LogP contribution in [0.4, 0.5) is 0 Å². The van der Waals surface area contributed by atoms with E-state index in [4.69, 9.17) is 0 Å². The Morgan fingerprint density at radius 2 is 2.12 bits per heavy atom. The summed E-state index contributed by atoms with van der Waals surface area (Å²) in [5, 5.41) is 12.9. The minimum atomic E-state index is 0.217. The summed E-state index contributed by atoms with van der Waals surface area (Å²) in [5.74, 6) is 0.275. The van der Waals surface area contributed by atoms with Crippen molar-refractivity contribution in [1.29, 1.82) is 0 Å². The molecule has 17 heavy (non-hydrogen) atoms. The van der Waals surface area contributed by atoms with E-state index >= 15 is 0 Å². The normalized spacial score (nSPS) is 18.9. The van der Waals surface area contributed by atoms with Crippen LogP contribution in [0.3, 0.4) is 0 Å². The molecule has 1 aromatic carbocycles. The van der Waals surface area contributed by atoms with Gasteiger partial charge in [0.25, 0.3) is 0 Å². The maximum atomic E-state index is 9.51. The van der Waals surface area contributed by atoms with E-state index in [1.54, 1.807) is 6.07 Å². The van der Waals surface area contributed by atoms with Gasteiger partial charge >= 0.3 is 0 Å². The van der Waals surface area contributed by atoms with Gasteiger partial charge in [-0.25, -0.2) is 0 Å². The number of benzene rings is 1. The van der Waals surface area contributed by atoms with Crippen molar-refractivity contribution in [1.82, 2.24) is 10.2 Å². The minimum Gasteiger partial charge on any atom is -0.507 e. The lowest BCUT2D eigenvalue weighted by Crippen LogP contribution is -2.44. The summed E-state index contributed by atoms with van der Waals surface area (Å²) in [4.78, 5) is 2.39. The molecule has 0 aliphatic carbocycles. The number of nitrogens with zero attached hydrogens (tertiary/aromatic N) is 1. The van der Waals surface area contributed by atoms with Crippen molar-refractivity contribution in [3.8, 4) is 5.75 Å². The number of halogens is 1. The van der Waals surface area contributed by atoms with Crippen molar-refractivity contribution in [3.63, 3.8) is 0 Å². The lowest BCUT2D eigenvalue weighted by atomic mass is 10.0. The SMILES string of the molecule is C=C[C@@H](c1ccc(O)c(Br)c1)N1CCNCC1. The van der Waals surface area contributed by atoms with Gasteiger partial charge in [-0.2, -0.15) is 0 Å². The van der Waals surface area contributed by atoms with Crippen molar-refractivity contribution in [2.24, 2.45) is 0 Å². The number of rotatable bonds is 3. The van der Waals surface area contributed by atoms with Crippen LogP contribution < -0.4 is 5.32 Å². The van der Waals surface area contributed by atoms with Crippen LogP contribution in [0.5, 0.6) is 5.75 Å². The highest BCUT2D eigenvalue weighted by Crippen LogP contribution is 2.30. The van der Waals surface area contributed by atoms with Crippen LogP contribution in [-0.2, 0) is 0 Å². The summed E-state index contributed by atoms with van der Waals surface area (Å²) in [6, 6.07) is 5.85. The highest BCUT2D eigenvalue weighted by Gasteiger charge is 2.19. The molecule has 1 aromatic rings. The summed E-state index contributed by atoms with van der Waals surface area (Å²) >= 11 is 3.35. The number of phenols is 1. The summed E-state index contributed by atoms with van der Waals surface area (Å²) < 4.78 is 0.733. The van der Waals surface area contributed by atoms with Gasteiger partial charge < -0.3 is 10.4 Å². The van der Waals surface area contributed by atoms with Gasteiger partial charge in [0.15, 0.2) is 0 Å². The first-order valence-electron chi connectivity index (χ1n) is 5.78. The molecule has 1 fully saturated rings. The lowest BCUT2D eigenvalue weighted by Gasteiger charge is -2.33. The van der Waals surface area contributed by atoms with Crippen LogP contribution >= 0.6 is 15.9 Å². The van der Waals surface area contributed by atoms with E-state index in [0.29, 0.717) is 0 Å². The monoisotopic (exact) mass is 296 g/mol. The summed E-state index contributed by atoms with van der Waals surface area (Å²) in [7, 11) is 0. The maximum Gasteiger partial charge on any atom is 0.129 e. The third-order valence-electron chi connectivity index (χ3n) is 3.08. The van der Waals surface area contributed by atoms with Crippen LogP contribution in [0.1, 0.15) is 11.6 Å². The van der Waals surface area contributed by atoms with Crippen molar-refractivity contribution < 1.29 is 5.11 Å². The molecule has 0 saturated carbocycles. The third kappa shape index (κ3) is 2.89. The largest absolute Gasteiger partial charge is 0.507 e. The molecule has 0 spiro atoms. The molecule has 1 aliphatic heterocycles. The van der Waals surface area contributed by atoms with Crippen molar-refractivity contribution >= 4 is 15.9 Å². The Bertz CT molecular complexity index is 402. The number of hydrogen-bond donors (Lipinski definition) is 2. The molecule has 0 aromatic heterocycles. The zero-order chi connectivity index (χ0) is 12.3. The molecule has 0 bridgehead atoms. The van der Waals surface area contributed by atoms with Gasteiger partial charge in [0.1, 0.15) is 5.75 Å². The quantitative estimate of drug-likeness (QED) is 0.840. The minimum absolute atomic E-state index is 0.217. The number of nitrogens with one attached hydrogen (secondary N) is 1. The Morgan fingerprint density at radius 3 is 2.71 bits per heavy atom. The van der Waals surface area contributed by atoms with Crippen LogP contribution in [0, 0.1) is 0 Å².